The second-order valence-corrected chi connectivity index (χ2v) is 2.04. The molecule has 0 heterocycles. The largest absolute Gasteiger partial charge is 0.480 e. The molecule has 0 saturated carbocycles. The highest BCUT2D eigenvalue weighted by Gasteiger charge is 2.06. The fraction of sp³-hybridized carbons (Fsp3) is 0.500. The van der Waals surface area contributed by atoms with Crippen LogP contribution >= 0.6 is 0 Å². The second-order valence-electron chi connectivity index (χ2n) is 2.04. The molecule has 13 heavy (non-hydrogen) atoms. The van der Waals surface area contributed by atoms with Crippen molar-refractivity contribution < 1.29 is 24.2 Å². The second kappa shape index (κ2) is 5.95. The van der Waals surface area contributed by atoms with Crippen molar-refractivity contribution in [3.8, 4) is 0 Å². The molecular formula is C6H10N2O5. The van der Waals surface area contributed by atoms with E-state index < -0.39 is 31.0 Å². The Balaban J connectivity index is 3.52. The molecule has 0 spiro atoms. The lowest BCUT2D eigenvalue weighted by molar-refractivity contribution is -0.147. The number of carbonyl (C=O) groups is 3. The maximum absolute atomic E-state index is 10.7. The van der Waals surface area contributed by atoms with E-state index in [1.807, 2.05) is 5.32 Å². The third kappa shape index (κ3) is 6.76. The average molecular weight is 190 g/mol. The number of nitrogens with one attached hydrogen (secondary N) is 1. The number of carboxylic acids is 1. The summed E-state index contributed by atoms with van der Waals surface area (Å²) in [6.45, 7) is -1.32. The maximum atomic E-state index is 10.7. The summed E-state index contributed by atoms with van der Waals surface area (Å²) < 4.78 is 4.32. The van der Waals surface area contributed by atoms with E-state index in [1.165, 1.54) is 0 Å². The fourth-order valence-electron chi connectivity index (χ4n) is 0.430. The van der Waals surface area contributed by atoms with Gasteiger partial charge < -0.3 is 20.9 Å². The van der Waals surface area contributed by atoms with Crippen LogP contribution < -0.4 is 11.1 Å². The molecule has 0 bridgehead atoms. The zero-order valence-corrected chi connectivity index (χ0v) is 6.78. The minimum absolute atomic E-state index is 0.313. The molecule has 74 valence electrons. The van der Waals surface area contributed by atoms with Crippen molar-refractivity contribution in [3.63, 3.8) is 0 Å². The first kappa shape index (κ1) is 11.4. The number of aliphatic carboxylic acids is 1. The number of carbonyl (C=O) groups excluding carboxylic acids is 2. The highest BCUT2D eigenvalue weighted by molar-refractivity contribution is 5.83. The summed E-state index contributed by atoms with van der Waals surface area (Å²) in [6.07, 6.45) is 0. The van der Waals surface area contributed by atoms with E-state index in [2.05, 4.69) is 4.74 Å². The van der Waals surface area contributed by atoms with E-state index in [1.54, 1.807) is 0 Å². The van der Waals surface area contributed by atoms with E-state index in [0.717, 1.165) is 0 Å². The number of amides is 1. The van der Waals surface area contributed by atoms with E-state index in [9.17, 15) is 14.4 Å². The van der Waals surface area contributed by atoms with E-state index >= 15 is 0 Å². The third-order valence-electron chi connectivity index (χ3n) is 0.968. The normalized spacial score (nSPS) is 9.00. The van der Waals surface area contributed by atoms with Gasteiger partial charge in [0.15, 0.2) is 6.61 Å². The van der Waals surface area contributed by atoms with Crippen LogP contribution in [0.25, 0.3) is 0 Å². The summed E-state index contributed by atoms with van der Waals surface area (Å²) in [7, 11) is 0. The Labute approximate surface area is 73.8 Å². The Morgan fingerprint density at radius 1 is 1.38 bits per heavy atom. The standard InChI is InChI=1S/C6H10N2O5/c7-1-6(12)13-3-4(9)8-2-5(10)11/h1-3,7H2,(H,8,9)(H,10,11). The lowest BCUT2D eigenvalue weighted by atomic mass is 10.5. The van der Waals surface area contributed by atoms with Gasteiger partial charge in [-0.2, -0.15) is 0 Å². The Hall–Kier alpha value is -1.63. The van der Waals surface area contributed by atoms with Gasteiger partial charge in [0.2, 0.25) is 0 Å². The summed E-state index contributed by atoms with van der Waals surface area (Å²) >= 11 is 0. The fourth-order valence-corrected chi connectivity index (χ4v) is 0.430. The number of hydrogen-bond acceptors (Lipinski definition) is 5. The number of ether oxygens (including phenoxy) is 1. The highest BCUT2D eigenvalue weighted by Crippen LogP contribution is 1.75. The molecule has 0 aromatic rings. The molecule has 0 fully saturated rings. The van der Waals surface area contributed by atoms with Gasteiger partial charge in [-0.25, -0.2) is 0 Å². The van der Waals surface area contributed by atoms with Crippen LogP contribution in [0.3, 0.4) is 0 Å². The van der Waals surface area contributed by atoms with Gasteiger partial charge in [-0.1, -0.05) is 0 Å². The first-order chi connectivity index (χ1) is 6.06. The van der Waals surface area contributed by atoms with Crippen molar-refractivity contribution in [1.82, 2.24) is 5.32 Å². The van der Waals surface area contributed by atoms with E-state index in [0.29, 0.717) is 0 Å². The average Bonchev–Trinajstić information content (AvgIpc) is 2.10. The quantitative estimate of drug-likeness (QED) is 0.419. The summed E-state index contributed by atoms with van der Waals surface area (Å²) in [5.41, 5.74) is 4.88. The molecule has 4 N–H and O–H groups in total. The molecule has 0 radical (unpaired) electrons. The number of esters is 1. The Morgan fingerprint density at radius 2 is 2.00 bits per heavy atom. The topological polar surface area (TPSA) is 119 Å². The van der Waals surface area contributed by atoms with Crippen LogP contribution in [0.2, 0.25) is 0 Å². The SMILES string of the molecule is NCC(=O)OCC(=O)NCC(=O)O. The molecule has 1 amide bonds. The molecule has 0 aliphatic heterocycles. The molecule has 7 heteroatoms. The first-order valence-corrected chi connectivity index (χ1v) is 3.40. The van der Waals surface area contributed by atoms with Crippen molar-refractivity contribution in [1.29, 1.82) is 0 Å². The van der Waals surface area contributed by atoms with Gasteiger partial charge in [0, 0.05) is 0 Å². The van der Waals surface area contributed by atoms with Crippen molar-refractivity contribution in [3.05, 3.63) is 0 Å². The van der Waals surface area contributed by atoms with Gasteiger partial charge in [0.25, 0.3) is 5.91 Å². The minimum atomic E-state index is -1.17. The molecule has 0 aliphatic rings. The summed E-state index contributed by atoms with van der Waals surface area (Å²) in [6, 6.07) is 0. The molecule has 0 aromatic heterocycles. The van der Waals surface area contributed by atoms with Gasteiger partial charge in [-0.15, -0.1) is 0 Å². The Bertz CT molecular complexity index is 215. The van der Waals surface area contributed by atoms with Crippen molar-refractivity contribution >= 4 is 17.8 Å². The molecule has 0 aromatic carbocycles. The van der Waals surface area contributed by atoms with Crippen LogP contribution in [0.4, 0.5) is 0 Å². The molecule has 0 unspecified atom stereocenters. The van der Waals surface area contributed by atoms with Crippen LogP contribution in [0.15, 0.2) is 0 Å². The van der Waals surface area contributed by atoms with Gasteiger partial charge in [0.05, 0.1) is 6.54 Å². The van der Waals surface area contributed by atoms with Crippen molar-refractivity contribution in [2.24, 2.45) is 5.73 Å². The maximum Gasteiger partial charge on any atom is 0.322 e. The van der Waals surface area contributed by atoms with Crippen molar-refractivity contribution in [2.45, 2.75) is 0 Å². The summed E-state index contributed by atoms with van der Waals surface area (Å²) in [4.78, 5) is 31.0. The molecule has 0 aliphatic carbocycles. The van der Waals surface area contributed by atoms with Crippen LogP contribution in [-0.2, 0) is 19.1 Å². The van der Waals surface area contributed by atoms with Crippen LogP contribution in [0.5, 0.6) is 0 Å². The van der Waals surface area contributed by atoms with E-state index in [-0.39, 0.29) is 6.54 Å². The van der Waals surface area contributed by atoms with Gasteiger partial charge in [-0.3, -0.25) is 14.4 Å². The highest BCUT2D eigenvalue weighted by atomic mass is 16.5. The Kier molecular flexibility index (Phi) is 5.20. The van der Waals surface area contributed by atoms with Crippen LogP contribution in [0, 0.1) is 0 Å². The van der Waals surface area contributed by atoms with Crippen LogP contribution in [0.1, 0.15) is 0 Å². The number of rotatable bonds is 5. The smallest absolute Gasteiger partial charge is 0.322 e. The third-order valence-corrected chi connectivity index (χ3v) is 0.968. The molecule has 0 saturated heterocycles. The molecule has 0 rings (SSSR count). The first-order valence-electron chi connectivity index (χ1n) is 3.40. The Morgan fingerprint density at radius 3 is 2.46 bits per heavy atom. The summed E-state index contributed by atoms with van der Waals surface area (Å²) in [5.74, 6) is -2.56. The van der Waals surface area contributed by atoms with Gasteiger partial charge >= 0.3 is 11.9 Å². The number of carboxylic acid groups (broad SMARTS) is 1. The molecule has 7 nitrogen and oxygen atoms in total. The lowest BCUT2D eigenvalue weighted by Gasteiger charge is -2.02. The van der Waals surface area contributed by atoms with Gasteiger partial charge in [-0.05, 0) is 0 Å². The zero-order valence-electron chi connectivity index (χ0n) is 6.78. The monoisotopic (exact) mass is 190 g/mol. The van der Waals surface area contributed by atoms with Crippen molar-refractivity contribution in [2.75, 3.05) is 19.7 Å². The van der Waals surface area contributed by atoms with E-state index in [4.69, 9.17) is 10.8 Å². The lowest BCUT2D eigenvalue weighted by Crippen LogP contribution is -2.33. The summed E-state index contributed by atoms with van der Waals surface area (Å²) in [5, 5.41) is 10.1. The number of nitrogens with two attached hydrogens (primary N) is 1. The number of hydrogen-bond donors (Lipinski definition) is 3. The predicted octanol–water partition coefficient (Wildman–Crippen LogP) is -2.31. The zero-order chi connectivity index (χ0) is 10.3. The molecule has 0 atom stereocenters. The predicted molar refractivity (Wildman–Crippen MR) is 40.7 cm³/mol. The minimum Gasteiger partial charge on any atom is -0.480 e. The molecular weight excluding hydrogens is 180 g/mol. The van der Waals surface area contributed by atoms with Gasteiger partial charge in [0.1, 0.15) is 6.54 Å². The van der Waals surface area contributed by atoms with Crippen LogP contribution in [-0.4, -0.2) is 42.6 Å².